The Morgan fingerprint density at radius 3 is 2.83 bits per heavy atom. The number of aromatic nitrogens is 1. The minimum atomic E-state index is 0.200. The van der Waals surface area contributed by atoms with E-state index < -0.39 is 0 Å². The molecule has 2 unspecified atom stereocenters. The van der Waals surface area contributed by atoms with Gasteiger partial charge in [0.15, 0.2) is 0 Å². The summed E-state index contributed by atoms with van der Waals surface area (Å²) in [5, 5.41) is 7.56. The molecule has 0 saturated carbocycles. The highest BCUT2D eigenvalue weighted by Gasteiger charge is 2.22. The highest BCUT2D eigenvalue weighted by atomic mass is 79.9. The topological polar surface area (TPSA) is 46.2 Å². The number of piperazine rings is 1. The van der Waals surface area contributed by atoms with Crippen molar-refractivity contribution in [3.63, 3.8) is 0 Å². The summed E-state index contributed by atoms with van der Waals surface area (Å²) in [7, 11) is 0. The normalized spacial score (nSPS) is 21.3. The quantitative estimate of drug-likeness (QED) is 0.761. The van der Waals surface area contributed by atoms with Gasteiger partial charge in [-0.2, -0.15) is 0 Å². The van der Waals surface area contributed by atoms with Crippen molar-refractivity contribution in [2.24, 2.45) is 0 Å². The van der Waals surface area contributed by atoms with Gasteiger partial charge in [0.2, 0.25) is 0 Å². The molecular formula is C17H19BrClN3O. The summed E-state index contributed by atoms with van der Waals surface area (Å²) >= 11 is 9.44. The predicted molar refractivity (Wildman–Crippen MR) is 95.6 cm³/mol. The number of rotatable bonds is 5. The van der Waals surface area contributed by atoms with Crippen LogP contribution < -0.4 is 10.6 Å². The maximum Gasteiger partial charge on any atom is 0.130 e. The van der Waals surface area contributed by atoms with Gasteiger partial charge in [0.1, 0.15) is 9.76 Å². The molecule has 2 aromatic rings. The molecule has 0 aliphatic carbocycles. The third-order valence-corrected chi connectivity index (χ3v) is 4.39. The van der Waals surface area contributed by atoms with Crippen LogP contribution in [0.3, 0.4) is 0 Å². The van der Waals surface area contributed by atoms with Gasteiger partial charge in [-0.25, -0.2) is 4.98 Å². The minimum absolute atomic E-state index is 0.200. The van der Waals surface area contributed by atoms with Crippen LogP contribution in [-0.4, -0.2) is 30.7 Å². The summed E-state index contributed by atoms with van der Waals surface area (Å²) in [6.07, 6.45) is 0. The van der Waals surface area contributed by atoms with Gasteiger partial charge in [0.05, 0.1) is 13.2 Å². The Labute approximate surface area is 149 Å². The molecule has 2 N–H and O–H groups in total. The predicted octanol–water partition coefficient (Wildman–Crippen LogP) is 3.32. The fraction of sp³-hybridized carbons (Fsp3) is 0.353. The molecular weight excluding hydrogens is 378 g/mol. The number of hydrogen-bond donors (Lipinski definition) is 2. The standard InChI is InChI=1S/C17H19BrClN3O/c18-16-6-13(7-17(19)22-16)15-9-20-8-14(21-15)11-23-10-12-4-2-1-3-5-12/h1-7,14-15,20-21H,8-11H2. The van der Waals surface area contributed by atoms with Crippen LogP contribution in [0, 0.1) is 0 Å². The summed E-state index contributed by atoms with van der Waals surface area (Å²) in [6.45, 7) is 3.06. The summed E-state index contributed by atoms with van der Waals surface area (Å²) in [4.78, 5) is 4.14. The lowest BCUT2D eigenvalue weighted by atomic mass is 10.0. The van der Waals surface area contributed by atoms with Crippen molar-refractivity contribution in [1.82, 2.24) is 15.6 Å². The first-order chi connectivity index (χ1) is 11.2. The fourth-order valence-corrected chi connectivity index (χ4v) is 3.48. The third kappa shape index (κ3) is 4.99. The number of benzene rings is 1. The zero-order valence-electron chi connectivity index (χ0n) is 12.6. The highest BCUT2D eigenvalue weighted by molar-refractivity contribution is 9.10. The molecule has 1 aliphatic heterocycles. The second-order valence-electron chi connectivity index (χ2n) is 5.62. The fourth-order valence-electron chi connectivity index (χ4n) is 2.70. The zero-order valence-corrected chi connectivity index (χ0v) is 15.0. The lowest BCUT2D eigenvalue weighted by Crippen LogP contribution is -2.52. The van der Waals surface area contributed by atoms with E-state index in [0.29, 0.717) is 18.4 Å². The second-order valence-corrected chi connectivity index (χ2v) is 6.82. The van der Waals surface area contributed by atoms with Gasteiger partial charge in [-0.1, -0.05) is 41.9 Å². The molecule has 2 heterocycles. The maximum absolute atomic E-state index is 6.04. The molecule has 1 fully saturated rings. The van der Waals surface area contributed by atoms with E-state index in [2.05, 4.69) is 43.7 Å². The molecule has 0 amide bonds. The van der Waals surface area contributed by atoms with Crippen molar-refractivity contribution in [2.45, 2.75) is 18.7 Å². The lowest BCUT2D eigenvalue weighted by Gasteiger charge is -2.32. The van der Waals surface area contributed by atoms with Gasteiger partial charge in [0.25, 0.3) is 0 Å². The lowest BCUT2D eigenvalue weighted by molar-refractivity contribution is 0.0885. The van der Waals surface area contributed by atoms with Crippen molar-refractivity contribution in [3.8, 4) is 0 Å². The molecule has 4 nitrogen and oxygen atoms in total. The molecule has 2 atom stereocenters. The van der Waals surface area contributed by atoms with E-state index in [1.54, 1.807) is 0 Å². The van der Waals surface area contributed by atoms with Crippen molar-refractivity contribution in [2.75, 3.05) is 19.7 Å². The van der Waals surface area contributed by atoms with Gasteiger partial charge < -0.3 is 15.4 Å². The van der Waals surface area contributed by atoms with Crippen LogP contribution in [0.5, 0.6) is 0 Å². The van der Waals surface area contributed by atoms with Gasteiger partial charge in [-0.3, -0.25) is 0 Å². The molecule has 1 saturated heterocycles. The van der Waals surface area contributed by atoms with E-state index in [0.717, 1.165) is 23.3 Å². The van der Waals surface area contributed by atoms with Crippen LogP contribution in [-0.2, 0) is 11.3 Å². The van der Waals surface area contributed by atoms with Gasteiger partial charge in [-0.05, 0) is 39.2 Å². The molecule has 6 heteroatoms. The van der Waals surface area contributed by atoms with E-state index in [1.165, 1.54) is 5.56 Å². The van der Waals surface area contributed by atoms with Crippen LogP contribution in [0.25, 0.3) is 0 Å². The number of nitrogens with one attached hydrogen (secondary N) is 2. The van der Waals surface area contributed by atoms with Gasteiger partial charge in [0, 0.05) is 25.2 Å². The Hall–Kier alpha value is -0.980. The van der Waals surface area contributed by atoms with E-state index in [1.807, 2.05) is 30.3 Å². The Bertz CT molecular complexity index is 621. The summed E-state index contributed by atoms with van der Waals surface area (Å²) in [6, 6.07) is 14.6. The van der Waals surface area contributed by atoms with Crippen LogP contribution in [0.1, 0.15) is 17.2 Å². The number of nitrogens with zero attached hydrogens (tertiary/aromatic N) is 1. The van der Waals surface area contributed by atoms with Crippen LogP contribution >= 0.6 is 27.5 Å². The number of ether oxygens (including phenoxy) is 1. The smallest absolute Gasteiger partial charge is 0.130 e. The molecule has 1 aliphatic rings. The first-order valence-electron chi connectivity index (χ1n) is 7.62. The highest BCUT2D eigenvalue weighted by Crippen LogP contribution is 2.22. The average Bonchev–Trinajstić information content (AvgIpc) is 2.55. The first kappa shape index (κ1) is 16.9. The molecule has 0 radical (unpaired) electrons. The third-order valence-electron chi connectivity index (χ3n) is 3.79. The van der Waals surface area contributed by atoms with Crippen LogP contribution in [0.4, 0.5) is 0 Å². The molecule has 23 heavy (non-hydrogen) atoms. The Balaban J connectivity index is 1.53. The van der Waals surface area contributed by atoms with Crippen LogP contribution in [0.2, 0.25) is 5.15 Å². The van der Waals surface area contributed by atoms with E-state index in [4.69, 9.17) is 16.3 Å². The Morgan fingerprint density at radius 1 is 1.22 bits per heavy atom. The largest absolute Gasteiger partial charge is 0.375 e. The number of halogens is 2. The van der Waals surface area contributed by atoms with Crippen molar-refractivity contribution in [1.29, 1.82) is 0 Å². The Kier molecular flexibility index (Phi) is 6.02. The SMILES string of the molecule is Clc1cc(C2CNCC(COCc3ccccc3)N2)cc(Br)n1. The molecule has 3 rings (SSSR count). The summed E-state index contributed by atoms with van der Waals surface area (Å²) in [5.74, 6) is 0. The maximum atomic E-state index is 6.04. The molecule has 0 spiro atoms. The molecule has 122 valence electrons. The van der Waals surface area contributed by atoms with Gasteiger partial charge in [-0.15, -0.1) is 0 Å². The van der Waals surface area contributed by atoms with E-state index >= 15 is 0 Å². The van der Waals surface area contributed by atoms with Crippen molar-refractivity contribution >= 4 is 27.5 Å². The molecule has 1 aromatic carbocycles. The molecule has 1 aromatic heterocycles. The first-order valence-corrected chi connectivity index (χ1v) is 8.79. The van der Waals surface area contributed by atoms with Crippen molar-refractivity contribution < 1.29 is 4.74 Å². The van der Waals surface area contributed by atoms with Crippen molar-refractivity contribution in [3.05, 3.63) is 63.3 Å². The average molecular weight is 397 g/mol. The van der Waals surface area contributed by atoms with E-state index in [-0.39, 0.29) is 12.1 Å². The summed E-state index contributed by atoms with van der Waals surface area (Å²) in [5.41, 5.74) is 2.31. The number of hydrogen-bond acceptors (Lipinski definition) is 4. The zero-order chi connectivity index (χ0) is 16.1. The minimum Gasteiger partial charge on any atom is -0.375 e. The van der Waals surface area contributed by atoms with Crippen LogP contribution in [0.15, 0.2) is 47.1 Å². The summed E-state index contributed by atoms with van der Waals surface area (Å²) < 4.78 is 6.59. The molecule has 0 bridgehead atoms. The van der Waals surface area contributed by atoms with Gasteiger partial charge >= 0.3 is 0 Å². The second kappa shape index (κ2) is 8.22. The Morgan fingerprint density at radius 2 is 2.04 bits per heavy atom. The van der Waals surface area contributed by atoms with E-state index in [9.17, 15) is 0 Å². The number of pyridine rings is 1. The monoisotopic (exact) mass is 395 g/mol.